The Morgan fingerprint density at radius 2 is 2.20 bits per heavy atom. The van der Waals surface area contributed by atoms with Crippen molar-refractivity contribution in [3.05, 3.63) is 33.8 Å². The number of nitrogens with one attached hydrogen (secondary N) is 1. The quantitative estimate of drug-likeness (QED) is 0.875. The van der Waals surface area contributed by atoms with E-state index in [-0.39, 0.29) is 0 Å². The first kappa shape index (κ1) is 11.2. The number of hydrogen-bond acceptors (Lipinski definition) is 1. The van der Waals surface area contributed by atoms with Crippen molar-refractivity contribution < 1.29 is 0 Å². The van der Waals surface area contributed by atoms with Gasteiger partial charge < -0.3 is 5.32 Å². The minimum Gasteiger partial charge on any atom is -0.313 e. The van der Waals surface area contributed by atoms with Crippen LogP contribution in [0.1, 0.15) is 36.4 Å². The third kappa shape index (κ3) is 2.82. The highest BCUT2D eigenvalue weighted by Gasteiger charge is 2.26. The Hall–Kier alpha value is -0.340. The van der Waals surface area contributed by atoms with Crippen molar-refractivity contribution in [2.75, 3.05) is 7.05 Å². The molecule has 0 bridgehead atoms. The highest BCUT2D eigenvalue weighted by molar-refractivity contribution is 9.10. The van der Waals surface area contributed by atoms with E-state index in [1.807, 2.05) is 0 Å². The lowest BCUT2D eigenvalue weighted by molar-refractivity contribution is 0.512. The zero-order valence-electron chi connectivity index (χ0n) is 9.39. The lowest BCUT2D eigenvalue weighted by Gasteiger charge is -2.18. The predicted molar refractivity (Wildman–Crippen MR) is 68.0 cm³/mol. The van der Waals surface area contributed by atoms with E-state index in [4.69, 9.17) is 0 Å². The molecule has 2 rings (SSSR count). The van der Waals surface area contributed by atoms with Crippen LogP contribution >= 0.6 is 15.9 Å². The number of halogens is 1. The molecular formula is C13H18BrN. The van der Waals surface area contributed by atoms with E-state index in [1.54, 1.807) is 0 Å². The predicted octanol–water partition coefficient (Wildman–Crippen LogP) is 3.82. The second-order valence-corrected chi connectivity index (χ2v) is 5.40. The van der Waals surface area contributed by atoms with Gasteiger partial charge in [-0.15, -0.1) is 0 Å². The van der Waals surface area contributed by atoms with Crippen molar-refractivity contribution in [3.8, 4) is 0 Å². The summed E-state index contributed by atoms with van der Waals surface area (Å²) < 4.78 is 1.23. The van der Waals surface area contributed by atoms with Gasteiger partial charge in [-0.25, -0.2) is 0 Å². The van der Waals surface area contributed by atoms with Gasteiger partial charge in [-0.1, -0.05) is 46.5 Å². The van der Waals surface area contributed by atoms with Gasteiger partial charge in [-0.2, -0.15) is 0 Å². The molecule has 0 spiro atoms. The van der Waals surface area contributed by atoms with Gasteiger partial charge in [0, 0.05) is 10.5 Å². The molecule has 1 aromatic carbocycles. The van der Waals surface area contributed by atoms with Crippen molar-refractivity contribution in [1.29, 1.82) is 0 Å². The van der Waals surface area contributed by atoms with Crippen molar-refractivity contribution in [1.82, 2.24) is 5.32 Å². The van der Waals surface area contributed by atoms with E-state index >= 15 is 0 Å². The van der Waals surface area contributed by atoms with Gasteiger partial charge in [0.05, 0.1) is 0 Å². The Morgan fingerprint density at radius 3 is 2.80 bits per heavy atom. The van der Waals surface area contributed by atoms with E-state index in [9.17, 15) is 0 Å². The maximum Gasteiger partial charge on any atom is 0.0331 e. The van der Waals surface area contributed by atoms with E-state index in [0.717, 1.165) is 5.92 Å². The summed E-state index contributed by atoms with van der Waals surface area (Å²) in [6.07, 6.45) is 4.11. The van der Waals surface area contributed by atoms with Crippen molar-refractivity contribution in [2.24, 2.45) is 5.92 Å². The summed E-state index contributed by atoms with van der Waals surface area (Å²) >= 11 is 3.64. The van der Waals surface area contributed by atoms with Gasteiger partial charge in [0.2, 0.25) is 0 Å². The molecular weight excluding hydrogens is 250 g/mol. The van der Waals surface area contributed by atoms with E-state index < -0.39 is 0 Å². The molecule has 1 fully saturated rings. The molecule has 2 heteroatoms. The fourth-order valence-electron chi connectivity index (χ4n) is 2.02. The molecule has 0 heterocycles. The van der Waals surface area contributed by atoms with Crippen LogP contribution in [0.3, 0.4) is 0 Å². The second-order valence-electron chi connectivity index (χ2n) is 4.55. The number of aryl methyl sites for hydroxylation is 1. The Bertz CT molecular complexity index is 344. The molecule has 0 aromatic heterocycles. The topological polar surface area (TPSA) is 12.0 Å². The van der Waals surface area contributed by atoms with Crippen LogP contribution in [-0.2, 0) is 0 Å². The monoisotopic (exact) mass is 267 g/mol. The number of rotatable bonds is 4. The molecule has 1 nitrogen and oxygen atoms in total. The first-order valence-electron chi connectivity index (χ1n) is 5.64. The molecule has 0 saturated heterocycles. The Balaban J connectivity index is 2.19. The first-order chi connectivity index (χ1) is 7.20. The van der Waals surface area contributed by atoms with Crippen molar-refractivity contribution in [3.63, 3.8) is 0 Å². The summed E-state index contributed by atoms with van der Waals surface area (Å²) in [7, 11) is 2.06. The molecule has 1 aliphatic rings. The van der Waals surface area contributed by atoms with Gasteiger partial charge >= 0.3 is 0 Å². The van der Waals surface area contributed by atoms with Gasteiger partial charge in [-0.05, 0) is 37.9 Å². The molecule has 0 aliphatic heterocycles. The van der Waals surface area contributed by atoms with Crippen molar-refractivity contribution in [2.45, 2.75) is 32.2 Å². The third-order valence-electron chi connectivity index (χ3n) is 3.14. The average molecular weight is 268 g/mol. The minimum atomic E-state index is 0.506. The van der Waals surface area contributed by atoms with Gasteiger partial charge in [-0.3, -0.25) is 0 Å². The van der Waals surface area contributed by atoms with Crippen LogP contribution in [0.2, 0.25) is 0 Å². The Kier molecular flexibility index (Phi) is 3.47. The van der Waals surface area contributed by atoms with E-state index in [1.165, 1.54) is 34.9 Å². The molecule has 1 aliphatic carbocycles. The second kappa shape index (κ2) is 4.67. The Labute approximate surface area is 100 Å². The zero-order valence-corrected chi connectivity index (χ0v) is 11.0. The van der Waals surface area contributed by atoms with Gasteiger partial charge in [0.1, 0.15) is 0 Å². The summed E-state index contributed by atoms with van der Waals surface area (Å²) in [5.74, 6) is 0.954. The molecule has 1 unspecified atom stereocenters. The lowest BCUT2D eigenvalue weighted by Crippen LogP contribution is -2.17. The number of benzene rings is 1. The summed E-state index contributed by atoms with van der Waals surface area (Å²) in [6.45, 7) is 2.15. The molecule has 1 saturated carbocycles. The zero-order chi connectivity index (χ0) is 10.8. The maximum atomic E-state index is 3.64. The molecule has 15 heavy (non-hydrogen) atoms. The summed E-state index contributed by atoms with van der Waals surface area (Å²) in [5, 5.41) is 3.43. The van der Waals surface area contributed by atoms with Gasteiger partial charge in [0.25, 0.3) is 0 Å². The maximum absolute atomic E-state index is 3.64. The van der Waals surface area contributed by atoms with E-state index in [0.29, 0.717) is 6.04 Å². The summed E-state index contributed by atoms with van der Waals surface area (Å²) in [5.41, 5.74) is 2.74. The van der Waals surface area contributed by atoms with Crippen LogP contribution in [-0.4, -0.2) is 7.05 Å². The standard InChI is InChI=1S/C13H18BrN/c1-9-3-6-12(14)11(7-9)13(15-2)8-10-4-5-10/h3,6-7,10,13,15H,4-5,8H2,1-2H3. The fraction of sp³-hybridized carbons (Fsp3) is 0.538. The molecule has 1 aromatic rings. The molecule has 82 valence electrons. The summed E-state index contributed by atoms with van der Waals surface area (Å²) in [4.78, 5) is 0. The largest absolute Gasteiger partial charge is 0.313 e. The van der Waals surface area contributed by atoms with Crippen LogP contribution < -0.4 is 5.32 Å². The van der Waals surface area contributed by atoms with E-state index in [2.05, 4.69) is 53.4 Å². The minimum absolute atomic E-state index is 0.506. The van der Waals surface area contributed by atoms with Crippen molar-refractivity contribution >= 4 is 15.9 Å². The number of hydrogen-bond donors (Lipinski definition) is 1. The summed E-state index contributed by atoms with van der Waals surface area (Å²) in [6, 6.07) is 7.10. The first-order valence-corrected chi connectivity index (χ1v) is 6.43. The fourth-order valence-corrected chi connectivity index (χ4v) is 2.54. The van der Waals surface area contributed by atoms with Gasteiger partial charge in [0.15, 0.2) is 0 Å². The lowest BCUT2D eigenvalue weighted by atomic mass is 10.00. The Morgan fingerprint density at radius 1 is 1.47 bits per heavy atom. The normalized spacial score (nSPS) is 17.8. The highest BCUT2D eigenvalue weighted by Crippen LogP contribution is 2.39. The highest BCUT2D eigenvalue weighted by atomic mass is 79.9. The smallest absolute Gasteiger partial charge is 0.0331 e. The van der Waals surface area contributed by atoms with Crippen LogP contribution in [0.15, 0.2) is 22.7 Å². The average Bonchev–Trinajstić information content (AvgIpc) is 3.02. The SMILES string of the molecule is CNC(CC1CC1)c1cc(C)ccc1Br. The third-order valence-corrected chi connectivity index (χ3v) is 3.86. The van der Waals surface area contributed by atoms with Crippen LogP contribution in [0, 0.1) is 12.8 Å². The molecule has 1 N–H and O–H groups in total. The molecule has 0 amide bonds. The molecule has 0 radical (unpaired) electrons. The van der Waals surface area contributed by atoms with Crippen LogP contribution in [0.25, 0.3) is 0 Å². The molecule has 1 atom stereocenters. The van der Waals surface area contributed by atoms with Crippen LogP contribution in [0.5, 0.6) is 0 Å². The van der Waals surface area contributed by atoms with Crippen LogP contribution in [0.4, 0.5) is 0 Å².